The molecule has 1 amide bonds. The van der Waals surface area contributed by atoms with Crippen molar-refractivity contribution >= 4 is 21.8 Å². The van der Waals surface area contributed by atoms with Gasteiger partial charge >= 0.3 is 0 Å². The van der Waals surface area contributed by atoms with Crippen molar-refractivity contribution < 1.29 is 13.7 Å². The average molecular weight is 340 g/mol. The largest absolute Gasteiger partial charge is 0.444 e. The maximum Gasteiger partial charge on any atom is 0.290 e. The van der Waals surface area contributed by atoms with Crippen LogP contribution in [0.4, 0.5) is 0 Å². The number of nitrogens with zero attached hydrogens (tertiary/aromatic N) is 3. The van der Waals surface area contributed by atoms with Gasteiger partial charge in [0.05, 0.1) is 6.04 Å². The summed E-state index contributed by atoms with van der Waals surface area (Å²) in [6, 6.07) is 3.24. The second-order valence-electron chi connectivity index (χ2n) is 4.66. The number of aryl methyl sites for hydroxylation is 1. The SMILES string of the molecule is CCc1nc([C@@H]2CCCN2C(=O)c2ccc(Br)o2)no1. The lowest BCUT2D eigenvalue weighted by Crippen LogP contribution is -2.30. The van der Waals surface area contributed by atoms with E-state index in [0.717, 1.165) is 12.8 Å². The summed E-state index contributed by atoms with van der Waals surface area (Å²) >= 11 is 3.20. The van der Waals surface area contributed by atoms with Crippen molar-refractivity contribution in [2.45, 2.75) is 32.2 Å². The smallest absolute Gasteiger partial charge is 0.290 e. The summed E-state index contributed by atoms with van der Waals surface area (Å²) in [5.74, 6) is 1.36. The maximum absolute atomic E-state index is 12.4. The van der Waals surface area contributed by atoms with Gasteiger partial charge in [0.25, 0.3) is 5.91 Å². The topological polar surface area (TPSA) is 72.4 Å². The second-order valence-corrected chi connectivity index (χ2v) is 5.44. The minimum absolute atomic E-state index is 0.129. The van der Waals surface area contributed by atoms with E-state index in [1.165, 1.54) is 0 Å². The molecule has 3 heterocycles. The van der Waals surface area contributed by atoms with E-state index in [9.17, 15) is 4.79 Å². The molecule has 0 unspecified atom stereocenters. The fraction of sp³-hybridized carbons (Fsp3) is 0.462. The number of halogens is 1. The minimum Gasteiger partial charge on any atom is -0.444 e. The number of hydrogen-bond donors (Lipinski definition) is 0. The van der Waals surface area contributed by atoms with Crippen LogP contribution in [0.2, 0.25) is 0 Å². The Morgan fingerprint density at radius 1 is 1.55 bits per heavy atom. The van der Waals surface area contributed by atoms with Crippen molar-refractivity contribution in [1.29, 1.82) is 0 Å². The van der Waals surface area contributed by atoms with E-state index in [4.69, 9.17) is 8.94 Å². The van der Waals surface area contributed by atoms with E-state index in [0.29, 0.717) is 35.1 Å². The van der Waals surface area contributed by atoms with Crippen molar-refractivity contribution in [3.63, 3.8) is 0 Å². The highest BCUT2D eigenvalue weighted by molar-refractivity contribution is 9.10. The predicted molar refractivity (Wildman–Crippen MR) is 73.1 cm³/mol. The zero-order valence-electron chi connectivity index (χ0n) is 11.0. The van der Waals surface area contributed by atoms with Gasteiger partial charge in [0.1, 0.15) is 0 Å². The summed E-state index contributed by atoms with van der Waals surface area (Å²) in [4.78, 5) is 18.5. The molecular weight excluding hydrogens is 326 g/mol. The minimum atomic E-state index is -0.138. The fourth-order valence-corrected chi connectivity index (χ4v) is 2.70. The Morgan fingerprint density at radius 3 is 3.05 bits per heavy atom. The standard InChI is InChI=1S/C13H14BrN3O3/c1-2-11-15-12(16-20-11)8-4-3-7-17(8)13(18)9-5-6-10(14)19-9/h5-6,8H,2-4,7H2,1H3/t8-/m0/s1. The van der Waals surface area contributed by atoms with Crippen LogP contribution >= 0.6 is 15.9 Å². The molecule has 0 saturated carbocycles. The van der Waals surface area contributed by atoms with E-state index in [1.54, 1.807) is 17.0 Å². The first-order valence-electron chi connectivity index (χ1n) is 6.58. The number of carbonyl (C=O) groups is 1. The number of likely N-dealkylation sites (tertiary alicyclic amines) is 1. The molecule has 1 fully saturated rings. The zero-order chi connectivity index (χ0) is 14.1. The van der Waals surface area contributed by atoms with Crippen molar-refractivity contribution in [3.05, 3.63) is 34.3 Å². The van der Waals surface area contributed by atoms with E-state index >= 15 is 0 Å². The van der Waals surface area contributed by atoms with Crippen LogP contribution in [0.25, 0.3) is 0 Å². The molecule has 1 aliphatic rings. The quantitative estimate of drug-likeness (QED) is 0.859. The molecule has 7 heteroatoms. The Labute approximate surface area is 124 Å². The van der Waals surface area contributed by atoms with Crippen LogP contribution in [-0.2, 0) is 6.42 Å². The van der Waals surface area contributed by atoms with Gasteiger partial charge in [-0.25, -0.2) is 0 Å². The third kappa shape index (κ3) is 2.37. The second kappa shape index (κ2) is 5.40. The van der Waals surface area contributed by atoms with Gasteiger partial charge in [-0.15, -0.1) is 0 Å². The molecule has 0 N–H and O–H groups in total. The first kappa shape index (κ1) is 13.4. The van der Waals surface area contributed by atoms with Gasteiger partial charge in [-0.05, 0) is 40.9 Å². The molecule has 2 aromatic rings. The molecule has 2 aromatic heterocycles. The van der Waals surface area contributed by atoms with Gasteiger partial charge in [0.2, 0.25) is 5.89 Å². The molecule has 1 atom stereocenters. The van der Waals surface area contributed by atoms with Crippen LogP contribution in [0, 0.1) is 0 Å². The molecular formula is C13H14BrN3O3. The number of aromatic nitrogens is 2. The van der Waals surface area contributed by atoms with Gasteiger partial charge < -0.3 is 13.8 Å². The van der Waals surface area contributed by atoms with Crippen molar-refractivity contribution in [2.24, 2.45) is 0 Å². The highest BCUT2D eigenvalue weighted by Gasteiger charge is 2.34. The van der Waals surface area contributed by atoms with Crippen LogP contribution in [0.15, 0.2) is 25.7 Å². The maximum atomic E-state index is 12.4. The summed E-state index contributed by atoms with van der Waals surface area (Å²) in [5.41, 5.74) is 0. The number of amides is 1. The van der Waals surface area contributed by atoms with E-state index in [1.807, 2.05) is 6.92 Å². The molecule has 0 bridgehead atoms. The van der Waals surface area contributed by atoms with E-state index in [-0.39, 0.29) is 11.9 Å². The number of furan rings is 1. The summed E-state index contributed by atoms with van der Waals surface area (Å²) in [5, 5.41) is 3.98. The highest BCUT2D eigenvalue weighted by atomic mass is 79.9. The van der Waals surface area contributed by atoms with Crippen molar-refractivity contribution in [3.8, 4) is 0 Å². The van der Waals surface area contributed by atoms with E-state index < -0.39 is 0 Å². The number of rotatable bonds is 3. The Hall–Kier alpha value is -1.63. The normalized spacial score (nSPS) is 18.7. The Morgan fingerprint density at radius 2 is 2.40 bits per heavy atom. The third-order valence-corrected chi connectivity index (χ3v) is 3.81. The lowest BCUT2D eigenvalue weighted by atomic mass is 10.2. The molecule has 0 aliphatic carbocycles. The number of carbonyl (C=O) groups excluding carboxylic acids is 1. The first-order valence-corrected chi connectivity index (χ1v) is 7.37. The monoisotopic (exact) mass is 339 g/mol. The van der Waals surface area contributed by atoms with Crippen LogP contribution in [-0.4, -0.2) is 27.5 Å². The highest BCUT2D eigenvalue weighted by Crippen LogP contribution is 2.32. The van der Waals surface area contributed by atoms with Gasteiger partial charge in [0.15, 0.2) is 16.3 Å². The molecule has 0 spiro atoms. The third-order valence-electron chi connectivity index (χ3n) is 3.38. The Kier molecular flexibility index (Phi) is 3.60. The predicted octanol–water partition coefficient (Wildman–Crippen LogP) is 2.96. The molecule has 3 rings (SSSR count). The van der Waals surface area contributed by atoms with Gasteiger partial charge in [0, 0.05) is 13.0 Å². The molecule has 20 heavy (non-hydrogen) atoms. The fourth-order valence-electron chi connectivity index (χ4n) is 2.40. The van der Waals surface area contributed by atoms with Crippen LogP contribution in [0.1, 0.15) is 48.1 Å². The molecule has 6 nitrogen and oxygen atoms in total. The average Bonchev–Trinajstić information content (AvgIpc) is 3.17. The van der Waals surface area contributed by atoms with E-state index in [2.05, 4.69) is 26.1 Å². The molecule has 0 aromatic carbocycles. The molecule has 106 valence electrons. The van der Waals surface area contributed by atoms with Gasteiger partial charge in [-0.1, -0.05) is 12.1 Å². The zero-order valence-corrected chi connectivity index (χ0v) is 12.6. The lowest BCUT2D eigenvalue weighted by Gasteiger charge is -2.20. The van der Waals surface area contributed by atoms with Gasteiger partial charge in [-0.2, -0.15) is 4.98 Å². The Balaban J connectivity index is 1.83. The molecule has 1 saturated heterocycles. The van der Waals surface area contributed by atoms with Crippen LogP contribution in [0.3, 0.4) is 0 Å². The van der Waals surface area contributed by atoms with Crippen LogP contribution < -0.4 is 0 Å². The van der Waals surface area contributed by atoms with Crippen LogP contribution in [0.5, 0.6) is 0 Å². The molecule has 1 aliphatic heterocycles. The van der Waals surface area contributed by atoms with Crippen molar-refractivity contribution in [1.82, 2.24) is 15.0 Å². The number of hydrogen-bond acceptors (Lipinski definition) is 5. The summed E-state index contributed by atoms with van der Waals surface area (Å²) < 4.78 is 11.0. The van der Waals surface area contributed by atoms with Gasteiger partial charge in [-0.3, -0.25) is 4.79 Å². The lowest BCUT2D eigenvalue weighted by molar-refractivity contribution is 0.0694. The summed E-state index contributed by atoms with van der Waals surface area (Å²) in [7, 11) is 0. The first-order chi connectivity index (χ1) is 9.69. The van der Waals surface area contributed by atoms with Crippen molar-refractivity contribution in [2.75, 3.05) is 6.54 Å². The Bertz CT molecular complexity index is 622. The molecule has 0 radical (unpaired) electrons. The summed E-state index contributed by atoms with van der Waals surface area (Å²) in [6.45, 7) is 2.63. The summed E-state index contributed by atoms with van der Waals surface area (Å²) in [6.07, 6.45) is 2.46.